The van der Waals surface area contributed by atoms with E-state index in [1.807, 2.05) is 6.92 Å². The Bertz CT molecular complexity index is 355. The lowest BCUT2D eigenvalue weighted by atomic mass is 10.1. The zero-order valence-electron chi connectivity index (χ0n) is 11.5. The van der Waals surface area contributed by atoms with Gasteiger partial charge in [-0.15, -0.1) is 0 Å². The average molecular weight is 250 g/mol. The highest BCUT2D eigenvalue weighted by atomic mass is 16.5. The SMILES string of the molecule is CCOC(=O)CCCCCC#CC#CC(C)(C)O. The quantitative estimate of drug-likeness (QED) is 0.447. The molecule has 0 aliphatic carbocycles. The van der Waals surface area contributed by atoms with E-state index in [2.05, 4.69) is 23.7 Å². The van der Waals surface area contributed by atoms with E-state index in [-0.39, 0.29) is 5.97 Å². The second kappa shape index (κ2) is 9.57. The number of ether oxygens (including phenoxy) is 1. The van der Waals surface area contributed by atoms with E-state index in [4.69, 9.17) is 4.74 Å². The van der Waals surface area contributed by atoms with E-state index in [1.54, 1.807) is 13.8 Å². The molecule has 0 radical (unpaired) electrons. The molecule has 0 aliphatic heterocycles. The van der Waals surface area contributed by atoms with Crippen LogP contribution in [0, 0.1) is 23.7 Å². The molecular weight excluding hydrogens is 228 g/mol. The standard InChI is InChI=1S/C15H22O3/c1-4-18-14(16)12-10-8-6-5-7-9-11-13-15(2,3)17/h17H,4-6,8,10,12H2,1-3H3. The molecule has 0 heterocycles. The highest BCUT2D eigenvalue weighted by Crippen LogP contribution is 2.03. The lowest BCUT2D eigenvalue weighted by Gasteiger charge is -2.04. The molecule has 0 fully saturated rings. The Morgan fingerprint density at radius 3 is 2.56 bits per heavy atom. The molecule has 18 heavy (non-hydrogen) atoms. The predicted molar refractivity (Wildman–Crippen MR) is 71.6 cm³/mol. The fourth-order valence-corrected chi connectivity index (χ4v) is 1.18. The van der Waals surface area contributed by atoms with Crippen molar-refractivity contribution in [1.29, 1.82) is 0 Å². The third kappa shape index (κ3) is 12.6. The molecule has 0 bridgehead atoms. The highest BCUT2D eigenvalue weighted by Gasteiger charge is 2.04. The molecule has 3 heteroatoms. The number of hydrogen-bond acceptors (Lipinski definition) is 3. The van der Waals surface area contributed by atoms with E-state index in [1.165, 1.54) is 0 Å². The molecule has 0 aromatic carbocycles. The van der Waals surface area contributed by atoms with Gasteiger partial charge in [-0.1, -0.05) is 18.3 Å². The second-order valence-electron chi connectivity index (χ2n) is 4.48. The summed E-state index contributed by atoms with van der Waals surface area (Å²) in [5, 5.41) is 9.30. The minimum absolute atomic E-state index is 0.125. The largest absolute Gasteiger partial charge is 0.466 e. The molecule has 0 atom stereocenters. The van der Waals surface area contributed by atoms with Crippen molar-refractivity contribution in [3.8, 4) is 23.7 Å². The van der Waals surface area contributed by atoms with Gasteiger partial charge in [0, 0.05) is 12.8 Å². The van der Waals surface area contributed by atoms with Crippen LogP contribution in [0.15, 0.2) is 0 Å². The number of esters is 1. The van der Waals surface area contributed by atoms with Gasteiger partial charge >= 0.3 is 5.97 Å². The molecule has 3 nitrogen and oxygen atoms in total. The molecule has 100 valence electrons. The molecule has 0 aromatic rings. The zero-order valence-corrected chi connectivity index (χ0v) is 11.5. The summed E-state index contributed by atoms with van der Waals surface area (Å²) in [6.07, 6.45) is 4.02. The van der Waals surface area contributed by atoms with Gasteiger partial charge in [0.2, 0.25) is 0 Å². The number of unbranched alkanes of at least 4 members (excludes halogenated alkanes) is 3. The Balaban J connectivity index is 3.54. The molecule has 0 aliphatic rings. The Morgan fingerprint density at radius 1 is 1.22 bits per heavy atom. The number of hydrogen-bond donors (Lipinski definition) is 1. The number of aliphatic hydroxyl groups is 1. The molecule has 0 saturated carbocycles. The van der Waals surface area contributed by atoms with Crippen LogP contribution in [-0.2, 0) is 9.53 Å². The van der Waals surface area contributed by atoms with Crippen molar-refractivity contribution in [2.24, 2.45) is 0 Å². The summed E-state index contributed by atoms with van der Waals surface area (Å²) in [6, 6.07) is 0. The Hall–Kier alpha value is -1.45. The summed E-state index contributed by atoms with van der Waals surface area (Å²) < 4.78 is 4.82. The molecule has 0 unspecified atom stereocenters. The van der Waals surface area contributed by atoms with E-state index in [0.29, 0.717) is 13.0 Å². The smallest absolute Gasteiger partial charge is 0.305 e. The lowest BCUT2D eigenvalue weighted by Crippen LogP contribution is -2.14. The highest BCUT2D eigenvalue weighted by molar-refractivity contribution is 5.69. The molecule has 0 saturated heterocycles. The Morgan fingerprint density at radius 2 is 1.94 bits per heavy atom. The number of rotatable bonds is 6. The van der Waals surface area contributed by atoms with Crippen LogP contribution in [0.1, 0.15) is 52.9 Å². The van der Waals surface area contributed by atoms with Gasteiger partial charge in [0.15, 0.2) is 0 Å². The maximum Gasteiger partial charge on any atom is 0.305 e. The fourth-order valence-electron chi connectivity index (χ4n) is 1.18. The van der Waals surface area contributed by atoms with Crippen molar-refractivity contribution in [2.45, 2.75) is 58.5 Å². The average Bonchev–Trinajstić information content (AvgIpc) is 2.25. The van der Waals surface area contributed by atoms with Crippen molar-refractivity contribution >= 4 is 5.97 Å². The van der Waals surface area contributed by atoms with Crippen molar-refractivity contribution in [3.63, 3.8) is 0 Å². The first-order valence-corrected chi connectivity index (χ1v) is 6.33. The maximum absolute atomic E-state index is 11.0. The third-order valence-corrected chi connectivity index (χ3v) is 2.01. The zero-order chi connectivity index (χ0) is 13.9. The van der Waals surface area contributed by atoms with Gasteiger partial charge in [0.25, 0.3) is 0 Å². The van der Waals surface area contributed by atoms with Gasteiger partial charge in [-0.05, 0) is 45.5 Å². The topological polar surface area (TPSA) is 46.5 Å². The summed E-state index contributed by atoms with van der Waals surface area (Å²) in [5.74, 6) is 10.7. The first-order chi connectivity index (χ1) is 8.45. The van der Waals surface area contributed by atoms with Crippen molar-refractivity contribution in [2.75, 3.05) is 6.61 Å². The minimum Gasteiger partial charge on any atom is -0.466 e. The first kappa shape index (κ1) is 16.6. The van der Waals surface area contributed by atoms with E-state index in [0.717, 1.165) is 25.7 Å². The predicted octanol–water partition coefficient (Wildman–Crippen LogP) is 2.28. The Labute approximate surface area is 110 Å². The fraction of sp³-hybridized carbons (Fsp3) is 0.667. The van der Waals surface area contributed by atoms with Crippen molar-refractivity contribution in [1.82, 2.24) is 0 Å². The molecular formula is C15H22O3. The first-order valence-electron chi connectivity index (χ1n) is 6.33. The minimum atomic E-state index is -0.978. The van der Waals surface area contributed by atoms with Gasteiger partial charge in [0.05, 0.1) is 6.61 Å². The van der Waals surface area contributed by atoms with E-state index < -0.39 is 5.60 Å². The normalized spacial score (nSPS) is 9.78. The molecule has 0 rings (SSSR count). The van der Waals surface area contributed by atoms with Crippen molar-refractivity contribution < 1.29 is 14.6 Å². The van der Waals surface area contributed by atoms with Gasteiger partial charge in [-0.2, -0.15) is 0 Å². The van der Waals surface area contributed by atoms with Crippen LogP contribution in [0.4, 0.5) is 0 Å². The monoisotopic (exact) mass is 250 g/mol. The summed E-state index contributed by atoms with van der Waals surface area (Å²) in [6.45, 7) is 5.50. The van der Waals surface area contributed by atoms with Crippen LogP contribution in [0.2, 0.25) is 0 Å². The molecule has 1 N–H and O–H groups in total. The molecule has 0 amide bonds. The number of carbonyl (C=O) groups excluding carboxylic acids is 1. The summed E-state index contributed by atoms with van der Waals surface area (Å²) in [5.41, 5.74) is -0.978. The van der Waals surface area contributed by atoms with E-state index in [9.17, 15) is 9.90 Å². The molecule has 0 aromatic heterocycles. The van der Waals surface area contributed by atoms with Crippen LogP contribution in [0.3, 0.4) is 0 Å². The third-order valence-electron chi connectivity index (χ3n) is 2.01. The summed E-state index contributed by atoms with van der Waals surface area (Å²) in [7, 11) is 0. The van der Waals surface area contributed by atoms with Gasteiger partial charge in [-0.25, -0.2) is 0 Å². The van der Waals surface area contributed by atoms with Gasteiger partial charge in [0.1, 0.15) is 5.60 Å². The van der Waals surface area contributed by atoms with Crippen LogP contribution < -0.4 is 0 Å². The van der Waals surface area contributed by atoms with Gasteiger partial charge in [-0.3, -0.25) is 4.79 Å². The van der Waals surface area contributed by atoms with Crippen molar-refractivity contribution in [3.05, 3.63) is 0 Å². The van der Waals surface area contributed by atoms with Crippen LogP contribution in [-0.4, -0.2) is 23.3 Å². The number of carbonyl (C=O) groups is 1. The second-order valence-corrected chi connectivity index (χ2v) is 4.48. The summed E-state index contributed by atoms with van der Waals surface area (Å²) >= 11 is 0. The lowest BCUT2D eigenvalue weighted by molar-refractivity contribution is -0.143. The summed E-state index contributed by atoms with van der Waals surface area (Å²) in [4.78, 5) is 11.0. The van der Waals surface area contributed by atoms with Crippen LogP contribution >= 0.6 is 0 Å². The van der Waals surface area contributed by atoms with E-state index >= 15 is 0 Å². The van der Waals surface area contributed by atoms with Gasteiger partial charge < -0.3 is 9.84 Å². The maximum atomic E-state index is 11.0. The Kier molecular flexibility index (Phi) is 8.80. The van der Waals surface area contributed by atoms with Crippen LogP contribution in [0.25, 0.3) is 0 Å². The molecule has 0 spiro atoms. The van der Waals surface area contributed by atoms with Crippen LogP contribution in [0.5, 0.6) is 0 Å².